The molecule has 108 valence electrons. The zero-order valence-corrected chi connectivity index (χ0v) is 11.6. The van der Waals surface area contributed by atoms with Gasteiger partial charge >= 0.3 is 5.97 Å². The summed E-state index contributed by atoms with van der Waals surface area (Å²) in [7, 11) is 1.24. The summed E-state index contributed by atoms with van der Waals surface area (Å²) in [5, 5.41) is 21.5. The van der Waals surface area contributed by atoms with Crippen LogP contribution in [0.15, 0.2) is 30.3 Å². The highest BCUT2D eigenvalue weighted by molar-refractivity contribution is 6.08. The smallest absolute Gasteiger partial charge is 0.342 e. The van der Waals surface area contributed by atoms with E-state index >= 15 is 0 Å². The first-order valence-corrected chi connectivity index (χ1v) is 6.41. The molecule has 1 aliphatic rings. The van der Waals surface area contributed by atoms with Gasteiger partial charge in [0, 0.05) is 23.3 Å². The monoisotopic (exact) mass is 286 g/mol. The van der Waals surface area contributed by atoms with Crippen LogP contribution in [0.2, 0.25) is 0 Å². The van der Waals surface area contributed by atoms with Crippen LogP contribution in [0, 0.1) is 0 Å². The Balaban J connectivity index is 2.43. The number of hydrogen-bond acceptors (Lipinski definition) is 5. The van der Waals surface area contributed by atoms with Crippen molar-refractivity contribution in [2.24, 2.45) is 0 Å². The number of carbonyl (C=O) groups excluding carboxylic acids is 1. The first-order valence-electron chi connectivity index (χ1n) is 6.41. The second kappa shape index (κ2) is 4.49. The third-order valence-corrected chi connectivity index (χ3v) is 3.44. The van der Waals surface area contributed by atoms with Gasteiger partial charge in [-0.25, -0.2) is 4.79 Å². The number of aromatic hydroxyl groups is 1. The van der Waals surface area contributed by atoms with Gasteiger partial charge in [-0.05, 0) is 12.2 Å². The minimum absolute atomic E-state index is 0.0259. The number of rotatable bonds is 1. The van der Waals surface area contributed by atoms with Crippen molar-refractivity contribution < 1.29 is 24.5 Å². The SMILES string of the molecule is COC(=O)c1c2c(c3ccccc3c1O)O[C@](C)(O)C=C2. The molecule has 0 amide bonds. The molecule has 3 rings (SSSR count). The summed E-state index contributed by atoms with van der Waals surface area (Å²) < 4.78 is 10.3. The van der Waals surface area contributed by atoms with E-state index in [1.54, 1.807) is 30.3 Å². The molecule has 0 aromatic heterocycles. The number of hydrogen-bond donors (Lipinski definition) is 2. The van der Waals surface area contributed by atoms with E-state index in [1.807, 2.05) is 0 Å². The Morgan fingerprint density at radius 1 is 1.29 bits per heavy atom. The molecule has 0 spiro atoms. The average molecular weight is 286 g/mol. The summed E-state index contributed by atoms with van der Waals surface area (Å²) in [5.74, 6) is -1.95. The van der Waals surface area contributed by atoms with E-state index in [9.17, 15) is 15.0 Å². The van der Waals surface area contributed by atoms with Crippen LogP contribution in [0.4, 0.5) is 0 Å². The molecular weight excluding hydrogens is 272 g/mol. The van der Waals surface area contributed by atoms with E-state index < -0.39 is 11.8 Å². The number of methoxy groups -OCH3 is 1. The van der Waals surface area contributed by atoms with Crippen LogP contribution in [-0.4, -0.2) is 29.1 Å². The third kappa shape index (κ3) is 2.02. The molecule has 0 aliphatic carbocycles. The molecule has 1 atom stereocenters. The van der Waals surface area contributed by atoms with E-state index in [4.69, 9.17) is 9.47 Å². The van der Waals surface area contributed by atoms with Gasteiger partial charge in [-0.1, -0.05) is 24.3 Å². The van der Waals surface area contributed by atoms with Gasteiger partial charge in [0.25, 0.3) is 0 Å². The van der Waals surface area contributed by atoms with Crippen LogP contribution in [0.1, 0.15) is 22.8 Å². The first kappa shape index (κ1) is 13.5. The third-order valence-electron chi connectivity index (χ3n) is 3.44. The van der Waals surface area contributed by atoms with E-state index in [0.29, 0.717) is 22.1 Å². The maximum atomic E-state index is 12.0. The molecule has 0 radical (unpaired) electrons. The van der Waals surface area contributed by atoms with Gasteiger partial charge in [0.1, 0.15) is 17.1 Å². The number of aliphatic hydroxyl groups is 1. The summed E-state index contributed by atoms with van der Waals surface area (Å²) in [6.45, 7) is 1.49. The number of phenolic OH excluding ortho intramolecular Hbond substituents is 1. The van der Waals surface area contributed by atoms with Crippen molar-refractivity contribution in [3.05, 3.63) is 41.5 Å². The lowest BCUT2D eigenvalue weighted by Gasteiger charge is -2.28. The molecule has 0 saturated carbocycles. The molecule has 2 N–H and O–H groups in total. The Morgan fingerprint density at radius 3 is 2.62 bits per heavy atom. The quantitative estimate of drug-likeness (QED) is 0.787. The molecule has 2 aromatic rings. The van der Waals surface area contributed by atoms with Crippen molar-refractivity contribution in [3.63, 3.8) is 0 Å². The van der Waals surface area contributed by atoms with Crippen LogP contribution in [0.5, 0.6) is 11.5 Å². The van der Waals surface area contributed by atoms with Gasteiger partial charge in [-0.3, -0.25) is 0 Å². The highest BCUT2D eigenvalue weighted by Crippen LogP contribution is 2.44. The molecule has 5 heteroatoms. The Morgan fingerprint density at radius 2 is 1.95 bits per heavy atom. The summed E-state index contributed by atoms with van der Waals surface area (Å²) in [6, 6.07) is 6.96. The number of esters is 1. The Hall–Kier alpha value is -2.53. The molecule has 21 heavy (non-hydrogen) atoms. The number of carbonyl (C=O) groups is 1. The molecule has 5 nitrogen and oxygen atoms in total. The maximum Gasteiger partial charge on any atom is 0.342 e. The maximum absolute atomic E-state index is 12.0. The van der Waals surface area contributed by atoms with Crippen molar-refractivity contribution >= 4 is 22.8 Å². The number of ether oxygens (including phenoxy) is 2. The molecule has 0 saturated heterocycles. The van der Waals surface area contributed by atoms with Crippen LogP contribution < -0.4 is 4.74 Å². The van der Waals surface area contributed by atoms with Gasteiger partial charge < -0.3 is 19.7 Å². The van der Waals surface area contributed by atoms with E-state index in [0.717, 1.165) is 0 Å². The fourth-order valence-corrected chi connectivity index (χ4v) is 2.46. The number of fused-ring (bicyclic) bond motifs is 3. The summed E-state index contributed by atoms with van der Waals surface area (Å²) in [5.41, 5.74) is 0.419. The summed E-state index contributed by atoms with van der Waals surface area (Å²) in [4.78, 5) is 12.0. The molecule has 1 aliphatic heterocycles. The molecule has 0 unspecified atom stereocenters. The van der Waals surface area contributed by atoms with Crippen molar-refractivity contribution in [2.75, 3.05) is 7.11 Å². The van der Waals surface area contributed by atoms with Gasteiger partial charge in [-0.2, -0.15) is 0 Å². The number of benzene rings is 2. The minimum atomic E-state index is -1.47. The van der Waals surface area contributed by atoms with Crippen LogP contribution >= 0.6 is 0 Å². The van der Waals surface area contributed by atoms with Crippen LogP contribution in [0.25, 0.3) is 16.8 Å². The average Bonchev–Trinajstić information content (AvgIpc) is 2.47. The van der Waals surface area contributed by atoms with E-state index in [1.165, 1.54) is 20.1 Å². The van der Waals surface area contributed by atoms with Gasteiger partial charge in [0.05, 0.1) is 7.11 Å². The van der Waals surface area contributed by atoms with Crippen molar-refractivity contribution in [1.29, 1.82) is 0 Å². The topological polar surface area (TPSA) is 76.0 Å². The Kier molecular flexibility index (Phi) is 2.88. The summed E-state index contributed by atoms with van der Waals surface area (Å²) >= 11 is 0. The van der Waals surface area contributed by atoms with Crippen molar-refractivity contribution in [3.8, 4) is 11.5 Å². The van der Waals surface area contributed by atoms with Gasteiger partial charge in [-0.15, -0.1) is 0 Å². The first-order chi connectivity index (χ1) is 9.94. The predicted octanol–water partition coefficient (Wildman–Crippen LogP) is 2.45. The highest BCUT2D eigenvalue weighted by Gasteiger charge is 2.31. The van der Waals surface area contributed by atoms with Gasteiger partial charge in [0.2, 0.25) is 5.79 Å². The predicted molar refractivity (Wildman–Crippen MR) is 77.2 cm³/mol. The second-order valence-corrected chi connectivity index (χ2v) is 4.99. The van der Waals surface area contributed by atoms with Gasteiger partial charge in [0.15, 0.2) is 0 Å². The number of phenols is 1. The zero-order valence-electron chi connectivity index (χ0n) is 11.6. The normalized spacial score (nSPS) is 20.0. The molecule has 1 heterocycles. The molecule has 2 aromatic carbocycles. The van der Waals surface area contributed by atoms with E-state index in [2.05, 4.69) is 0 Å². The van der Waals surface area contributed by atoms with Crippen molar-refractivity contribution in [1.82, 2.24) is 0 Å². The van der Waals surface area contributed by atoms with Crippen LogP contribution in [0.3, 0.4) is 0 Å². The van der Waals surface area contributed by atoms with Crippen molar-refractivity contribution in [2.45, 2.75) is 12.7 Å². The minimum Gasteiger partial charge on any atom is -0.506 e. The fourth-order valence-electron chi connectivity index (χ4n) is 2.46. The molecule has 0 bridgehead atoms. The highest BCUT2D eigenvalue weighted by atomic mass is 16.6. The Labute approximate surface area is 121 Å². The van der Waals surface area contributed by atoms with E-state index in [-0.39, 0.29) is 11.3 Å². The largest absolute Gasteiger partial charge is 0.506 e. The lowest BCUT2D eigenvalue weighted by Crippen LogP contribution is -2.31. The second-order valence-electron chi connectivity index (χ2n) is 4.99. The fraction of sp³-hybridized carbons (Fsp3) is 0.188. The lowest BCUT2D eigenvalue weighted by atomic mass is 9.95. The zero-order chi connectivity index (χ0) is 15.2. The summed E-state index contributed by atoms with van der Waals surface area (Å²) in [6.07, 6.45) is 2.97. The Bertz CT molecular complexity index is 774. The standard InChI is InChI=1S/C16H14O5/c1-16(19)8-7-11-12(15(18)20-2)13(17)9-5-3-4-6-10(9)14(11)21-16/h3-8,17,19H,1-2H3/t16-/m0/s1. The lowest BCUT2D eigenvalue weighted by molar-refractivity contribution is -0.0779. The molecular formula is C16H14O5. The van der Waals surface area contributed by atoms with Crippen LogP contribution in [-0.2, 0) is 4.74 Å². The molecule has 0 fully saturated rings.